The Morgan fingerprint density at radius 3 is 2.52 bits per heavy atom. The fourth-order valence-electron chi connectivity index (χ4n) is 1.99. The highest BCUT2D eigenvalue weighted by Crippen LogP contribution is 2.26. The number of nitrogens with zero attached hydrogens (tertiary/aromatic N) is 1. The van der Waals surface area contributed by atoms with Crippen LogP contribution in [0, 0.1) is 0 Å². The topological polar surface area (TPSA) is 49.4 Å². The zero-order valence-corrected chi connectivity index (χ0v) is 14.2. The minimum atomic E-state index is -3.47. The maximum atomic E-state index is 12.2. The van der Waals surface area contributed by atoms with E-state index in [1.54, 1.807) is 23.6 Å². The van der Waals surface area contributed by atoms with Crippen LogP contribution in [0.5, 0.6) is 0 Å². The van der Waals surface area contributed by atoms with Crippen molar-refractivity contribution in [1.82, 2.24) is 9.62 Å². The summed E-state index contributed by atoms with van der Waals surface area (Å²) in [6.45, 7) is 0.261. The minimum Gasteiger partial charge on any atom is -0.301 e. The number of nitrogens with one attached hydrogen (secondary N) is 1. The van der Waals surface area contributed by atoms with E-state index in [1.807, 2.05) is 37.2 Å². The lowest BCUT2D eigenvalue weighted by molar-refractivity contribution is 0.299. The lowest BCUT2D eigenvalue weighted by atomic mass is 10.1. The van der Waals surface area contributed by atoms with Gasteiger partial charge >= 0.3 is 0 Å². The Morgan fingerprint density at radius 2 is 1.95 bits per heavy atom. The third kappa shape index (κ3) is 4.05. The van der Waals surface area contributed by atoms with Gasteiger partial charge in [-0.1, -0.05) is 35.9 Å². The molecule has 0 aliphatic rings. The van der Waals surface area contributed by atoms with Crippen LogP contribution in [-0.4, -0.2) is 34.0 Å². The van der Waals surface area contributed by atoms with Gasteiger partial charge in [0.1, 0.15) is 4.21 Å². The van der Waals surface area contributed by atoms with Crippen molar-refractivity contribution >= 4 is 33.0 Å². The smallest absolute Gasteiger partial charge is 0.250 e. The van der Waals surface area contributed by atoms with Crippen LogP contribution in [0.15, 0.2) is 46.0 Å². The number of thiophene rings is 1. The summed E-state index contributed by atoms with van der Waals surface area (Å²) >= 11 is 7.41. The highest BCUT2D eigenvalue weighted by atomic mass is 35.5. The Balaban J connectivity index is 2.17. The van der Waals surface area contributed by atoms with Crippen molar-refractivity contribution in [2.45, 2.75) is 10.3 Å². The van der Waals surface area contributed by atoms with Gasteiger partial charge < -0.3 is 4.90 Å². The maximum absolute atomic E-state index is 12.2. The standard InChI is InChI=1S/C14H17ClN2O2S2/c1-17(2)13(11-6-3-4-7-12(11)15)10-16-21(18,19)14-8-5-9-20-14/h3-9,13,16H,10H2,1-2H3. The van der Waals surface area contributed by atoms with Gasteiger partial charge in [0.15, 0.2) is 0 Å². The van der Waals surface area contributed by atoms with Crippen molar-refractivity contribution in [3.05, 3.63) is 52.4 Å². The summed E-state index contributed by atoms with van der Waals surface area (Å²) < 4.78 is 27.3. The zero-order chi connectivity index (χ0) is 15.5. The molecule has 0 radical (unpaired) electrons. The monoisotopic (exact) mass is 344 g/mol. The molecule has 114 valence electrons. The Morgan fingerprint density at radius 1 is 1.24 bits per heavy atom. The highest BCUT2D eigenvalue weighted by molar-refractivity contribution is 7.91. The molecule has 1 atom stereocenters. The average molecular weight is 345 g/mol. The van der Waals surface area contributed by atoms with E-state index in [9.17, 15) is 8.42 Å². The van der Waals surface area contributed by atoms with Crippen LogP contribution in [0.25, 0.3) is 0 Å². The van der Waals surface area contributed by atoms with Gasteiger partial charge in [-0.2, -0.15) is 0 Å². The first-order chi connectivity index (χ1) is 9.92. The van der Waals surface area contributed by atoms with Crippen LogP contribution in [0.1, 0.15) is 11.6 Å². The summed E-state index contributed by atoms with van der Waals surface area (Å²) in [7, 11) is 0.325. The molecular weight excluding hydrogens is 328 g/mol. The number of hydrogen-bond acceptors (Lipinski definition) is 4. The van der Waals surface area contributed by atoms with Crippen molar-refractivity contribution in [3.8, 4) is 0 Å². The zero-order valence-electron chi connectivity index (χ0n) is 11.8. The van der Waals surface area contributed by atoms with E-state index in [2.05, 4.69) is 4.72 Å². The molecule has 1 aromatic carbocycles. The summed E-state index contributed by atoms with van der Waals surface area (Å²) in [5, 5.41) is 2.37. The summed E-state index contributed by atoms with van der Waals surface area (Å²) in [6, 6.07) is 10.6. The van der Waals surface area contributed by atoms with Crippen molar-refractivity contribution in [2.24, 2.45) is 0 Å². The van der Waals surface area contributed by atoms with E-state index in [4.69, 9.17) is 11.6 Å². The number of halogens is 1. The summed E-state index contributed by atoms with van der Waals surface area (Å²) in [6.07, 6.45) is 0. The van der Waals surface area contributed by atoms with E-state index in [0.717, 1.165) is 5.56 Å². The average Bonchev–Trinajstić information content (AvgIpc) is 2.95. The molecule has 1 heterocycles. The highest BCUT2D eigenvalue weighted by Gasteiger charge is 2.21. The predicted octanol–water partition coefficient (Wildman–Crippen LogP) is 2.98. The maximum Gasteiger partial charge on any atom is 0.250 e. The van der Waals surface area contributed by atoms with Crippen molar-refractivity contribution < 1.29 is 8.42 Å². The molecule has 21 heavy (non-hydrogen) atoms. The molecule has 2 aromatic rings. The minimum absolute atomic E-state index is 0.131. The lowest BCUT2D eigenvalue weighted by Crippen LogP contribution is -2.34. The van der Waals surface area contributed by atoms with E-state index < -0.39 is 10.0 Å². The second kappa shape index (κ2) is 6.89. The second-order valence-corrected chi connectivity index (χ2v) is 8.13. The molecule has 1 N–H and O–H groups in total. The number of sulfonamides is 1. The fourth-order valence-corrected chi connectivity index (χ4v) is 4.33. The lowest BCUT2D eigenvalue weighted by Gasteiger charge is -2.25. The molecule has 0 saturated carbocycles. The number of likely N-dealkylation sites (N-methyl/N-ethyl adjacent to an activating group) is 1. The quantitative estimate of drug-likeness (QED) is 0.876. The third-order valence-electron chi connectivity index (χ3n) is 3.11. The summed E-state index contributed by atoms with van der Waals surface area (Å²) in [4.78, 5) is 1.94. The number of rotatable bonds is 6. The van der Waals surface area contributed by atoms with Gasteiger partial charge in [0.25, 0.3) is 0 Å². The fraction of sp³-hybridized carbons (Fsp3) is 0.286. The molecule has 1 unspecified atom stereocenters. The van der Waals surface area contributed by atoms with Crippen molar-refractivity contribution in [1.29, 1.82) is 0 Å². The Kier molecular flexibility index (Phi) is 5.40. The van der Waals surface area contributed by atoms with E-state index in [-0.39, 0.29) is 12.6 Å². The molecule has 2 rings (SSSR count). The SMILES string of the molecule is CN(C)C(CNS(=O)(=O)c1cccs1)c1ccccc1Cl. The van der Waals surface area contributed by atoms with Gasteiger partial charge in [-0.3, -0.25) is 0 Å². The van der Waals surface area contributed by atoms with Crippen LogP contribution >= 0.6 is 22.9 Å². The molecule has 0 saturated heterocycles. The van der Waals surface area contributed by atoms with E-state index in [1.165, 1.54) is 11.3 Å². The van der Waals surface area contributed by atoms with Gasteiger partial charge in [-0.15, -0.1) is 11.3 Å². The Labute approximate surface area is 134 Å². The molecular formula is C14H17ClN2O2S2. The molecule has 7 heteroatoms. The first-order valence-corrected chi connectivity index (χ1v) is 9.10. The predicted molar refractivity (Wildman–Crippen MR) is 87.4 cm³/mol. The first-order valence-electron chi connectivity index (χ1n) is 6.36. The van der Waals surface area contributed by atoms with Gasteiger partial charge in [0.2, 0.25) is 10.0 Å². The molecule has 0 aliphatic heterocycles. The van der Waals surface area contributed by atoms with Crippen LogP contribution in [0.2, 0.25) is 5.02 Å². The molecule has 0 fully saturated rings. The molecule has 0 amide bonds. The van der Waals surface area contributed by atoms with Gasteiger partial charge in [0.05, 0.1) is 0 Å². The number of benzene rings is 1. The van der Waals surface area contributed by atoms with Crippen molar-refractivity contribution in [3.63, 3.8) is 0 Å². The van der Waals surface area contributed by atoms with Crippen LogP contribution in [0.4, 0.5) is 0 Å². The normalized spacial score (nSPS) is 13.5. The van der Waals surface area contributed by atoms with Crippen LogP contribution in [-0.2, 0) is 10.0 Å². The summed E-state index contributed by atoms with van der Waals surface area (Å²) in [5.74, 6) is 0. The molecule has 4 nitrogen and oxygen atoms in total. The largest absolute Gasteiger partial charge is 0.301 e. The van der Waals surface area contributed by atoms with Gasteiger partial charge in [-0.25, -0.2) is 13.1 Å². The first kappa shape index (κ1) is 16.5. The van der Waals surface area contributed by atoms with E-state index in [0.29, 0.717) is 9.23 Å². The van der Waals surface area contributed by atoms with Crippen LogP contribution < -0.4 is 4.72 Å². The Hall–Kier alpha value is -0.920. The summed E-state index contributed by atoms with van der Waals surface area (Å²) in [5.41, 5.74) is 0.901. The molecule has 0 aliphatic carbocycles. The second-order valence-electron chi connectivity index (χ2n) is 4.78. The van der Waals surface area contributed by atoms with Crippen molar-refractivity contribution in [2.75, 3.05) is 20.6 Å². The molecule has 0 spiro atoms. The van der Waals surface area contributed by atoms with Crippen LogP contribution in [0.3, 0.4) is 0 Å². The van der Waals surface area contributed by atoms with Gasteiger partial charge in [-0.05, 0) is 37.2 Å². The third-order valence-corrected chi connectivity index (χ3v) is 6.28. The molecule has 1 aromatic heterocycles. The van der Waals surface area contributed by atoms with E-state index >= 15 is 0 Å². The molecule has 0 bridgehead atoms. The van der Waals surface area contributed by atoms with Gasteiger partial charge in [0, 0.05) is 17.6 Å². The Bertz CT molecular complexity index is 685. The number of hydrogen-bond donors (Lipinski definition) is 1.